The van der Waals surface area contributed by atoms with Crippen LogP contribution in [0.4, 0.5) is 0 Å². The van der Waals surface area contributed by atoms with Gasteiger partial charge in [0.05, 0.1) is 0 Å². The third-order valence-electron chi connectivity index (χ3n) is 2.11. The second kappa shape index (κ2) is 4.00. The van der Waals surface area contributed by atoms with Crippen molar-refractivity contribution in [2.24, 2.45) is 0 Å². The molecule has 0 fully saturated rings. The highest BCUT2D eigenvalue weighted by atomic mass is 16.1. The third-order valence-corrected chi connectivity index (χ3v) is 2.11. The molecule has 2 nitrogen and oxygen atoms in total. The van der Waals surface area contributed by atoms with Gasteiger partial charge < -0.3 is 0 Å². The fraction of sp³-hybridized carbons (Fsp3) is 0.400. The molecule has 64 valence electrons. The fourth-order valence-electron chi connectivity index (χ4n) is 1.01. The molecule has 1 rings (SSSR count). The van der Waals surface area contributed by atoms with E-state index in [9.17, 15) is 4.79 Å². The van der Waals surface area contributed by atoms with Gasteiger partial charge in [-0.3, -0.25) is 9.78 Å². The van der Waals surface area contributed by atoms with Crippen LogP contribution in [-0.4, -0.2) is 11.3 Å². The Morgan fingerprint density at radius 3 is 2.75 bits per heavy atom. The predicted octanol–water partition coefficient (Wildman–Crippen LogP) is 2.41. The lowest BCUT2D eigenvalue weighted by Crippen LogP contribution is -1.94. The largest absolute Gasteiger partial charge is 0.296 e. The van der Waals surface area contributed by atoms with Gasteiger partial charge in [-0.15, -0.1) is 0 Å². The Labute approximate surface area is 72.6 Å². The molecular formula is C10H13NO. The van der Waals surface area contributed by atoms with Crippen molar-refractivity contribution in [3.8, 4) is 0 Å². The van der Waals surface area contributed by atoms with Gasteiger partial charge in [0.2, 0.25) is 0 Å². The van der Waals surface area contributed by atoms with E-state index in [0.717, 1.165) is 12.7 Å². The van der Waals surface area contributed by atoms with Crippen LogP contribution in [-0.2, 0) is 0 Å². The molecule has 1 heterocycles. The van der Waals surface area contributed by atoms with Crippen LogP contribution >= 0.6 is 0 Å². The summed E-state index contributed by atoms with van der Waals surface area (Å²) in [5, 5.41) is 0. The predicted molar refractivity (Wildman–Crippen MR) is 48.3 cm³/mol. The Morgan fingerprint density at radius 1 is 1.58 bits per heavy atom. The van der Waals surface area contributed by atoms with Gasteiger partial charge in [0, 0.05) is 6.20 Å². The molecule has 0 saturated heterocycles. The quantitative estimate of drug-likeness (QED) is 0.640. The number of rotatable bonds is 3. The number of aldehydes is 1. The molecule has 0 saturated carbocycles. The third kappa shape index (κ3) is 1.91. The Bertz CT molecular complexity index is 253. The van der Waals surface area contributed by atoms with Crippen molar-refractivity contribution in [3.05, 3.63) is 29.6 Å². The van der Waals surface area contributed by atoms with Crippen LogP contribution in [0.3, 0.4) is 0 Å². The number of carbonyl (C=O) groups is 1. The summed E-state index contributed by atoms with van der Waals surface area (Å²) in [6.45, 7) is 4.29. The number of pyridine rings is 1. The van der Waals surface area contributed by atoms with Gasteiger partial charge in [-0.05, 0) is 24.0 Å². The van der Waals surface area contributed by atoms with Crippen LogP contribution in [0, 0.1) is 0 Å². The summed E-state index contributed by atoms with van der Waals surface area (Å²) >= 11 is 0. The van der Waals surface area contributed by atoms with Crippen LogP contribution in [0.1, 0.15) is 42.2 Å². The molecule has 0 aliphatic heterocycles. The second-order valence-corrected chi connectivity index (χ2v) is 2.94. The highest BCUT2D eigenvalue weighted by Crippen LogP contribution is 2.16. The van der Waals surface area contributed by atoms with Gasteiger partial charge in [-0.25, -0.2) is 0 Å². The summed E-state index contributed by atoms with van der Waals surface area (Å²) < 4.78 is 0. The smallest absolute Gasteiger partial charge is 0.168 e. The number of hydrogen-bond donors (Lipinski definition) is 0. The molecular weight excluding hydrogens is 150 g/mol. The zero-order chi connectivity index (χ0) is 8.97. The first-order valence-electron chi connectivity index (χ1n) is 4.19. The summed E-state index contributed by atoms with van der Waals surface area (Å²) in [4.78, 5) is 14.3. The minimum absolute atomic E-state index is 0.502. The van der Waals surface area contributed by atoms with Gasteiger partial charge >= 0.3 is 0 Å². The molecule has 1 atom stereocenters. The van der Waals surface area contributed by atoms with Crippen LogP contribution in [0.15, 0.2) is 18.3 Å². The lowest BCUT2D eigenvalue weighted by molar-refractivity contribution is 0.111. The van der Waals surface area contributed by atoms with Crippen LogP contribution in [0.25, 0.3) is 0 Å². The van der Waals surface area contributed by atoms with E-state index in [0.29, 0.717) is 11.6 Å². The van der Waals surface area contributed by atoms with Crippen LogP contribution in [0.5, 0.6) is 0 Å². The molecule has 0 aliphatic rings. The SMILES string of the molecule is CCC(C)c1ccc(C=O)nc1. The normalized spacial score (nSPS) is 12.5. The molecule has 12 heavy (non-hydrogen) atoms. The van der Waals surface area contributed by atoms with Crippen molar-refractivity contribution >= 4 is 6.29 Å². The van der Waals surface area contributed by atoms with Crippen molar-refractivity contribution in [2.45, 2.75) is 26.2 Å². The van der Waals surface area contributed by atoms with E-state index in [1.165, 1.54) is 5.56 Å². The van der Waals surface area contributed by atoms with E-state index in [1.807, 2.05) is 6.07 Å². The van der Waals surface area contributed by atoms with Crippen molar-refractivity contribution in [1.29, 1.82) is 0 Å². The zero-order valence-corrected chi connectivity index (χ0v) is 7.45. The highest BCUT2D eigenvalue weighted by Gasteiger charge is 2.02. The maximum Gasteiger partial charge on any atom is 0.168 e. The van der Waals surface area contributed by atoms with Crippen molar-refractivity contribution in [2.75, 3.05) is 0 Å². The van der Waals surface area contributed by atoms with E-state index in [2.05, 4.69) is 18.8 Å². The fourth-order valence-corrected chi connectivity index (χ4v) is 1.01. The zero-order valence-electron chi connectivity index (χ0n) is 7.45. The minimum atomic E-state index is 0.502. The van der Waals surface area contributed by atoms with E-state index >= 15 is 0 Å². The average molecular weight is 163 g/mol. The minimum Gasteiger partial charge on any atom is -0.296 e. The Hall–Kier alpha value is -1.18. The first kappa shape index (κ1) is 8.91. The van der Waals surface area contributed by atoms with Crippen molar-refractivity contribution < 1.29 is 4.79 Å². The van der Waals surface area contributed by atoms with E-state index in [4.69, 9.17) is 0 Å². The maximum atomic E-state index is 10.3. The summed E-state index contributed by atoms with van der Waals surface area (Å²) in [6, 6.07) is 3.72. The van der Waals surface area contributed by atoms with E-state index in [-0.39, 0.29) is 0 Å². The number of carbonyl (C=O) groups excluding carboxylic acids is 1. The lowest BCUT2D eigenvalue weighted by Gasteiger charge is -2.06. The summed E-state index contributed by atoms with van der Waals surface area (Å²) in [5.41, 5.74) is 1.70. The molecule has 1 aromatic rings. The molecule has 0 bridgehead atoms. The van der Waals surface area contributed by atoms with Crippen molar-refractivity contribution in [1.82, 2.24) is 4.98 Å². The van der Waals surface area contributed by atoms with Gasteiger partial charge in [0.1, 0.15) is 5.69 Å². The number of nitrogens with zero attached hydrogens (tertiary/aromatic N) is 1. The first-order valence-corrected chi connectivity index (χ1v) is 4.19. The first-order chi connectivity index (χ1) is 5.77. The maximum absolute atomic E-state index is 10.3. The Morgan fingerprint density at radius 2 is 2.33 bits per heavy atom. The van der Waals surface area contributed by atoms with Gasteiger partial charge in [-0.1, -0.05) is 19.9 Å². The molecule has 1 unspecified atom stereocenters. The molecule has 0 N–H and O–H groups in total. The molecule has 0 spiro atoms. The van der Waals surface area contributed by atoms with Gasteiger partial charge in [0.25, 0.3) is 0 Å². The van der Waals surface area contributed by atoms with Crippen LogP contribution < -0.4 is 0 Å². The van der Waals surface area contributed by atoms with Gasteiger partial charge in [0.15, 0.2) is 6.29 Å². The number of hydrogen-bond acceptors (Lipinski definition) is 2. The molecule has 0 radical (unpaired) electrons. The van der Waals surface area contributed by atoms with Crippen LogP contribution in [0.2, 0.25) is 0 Å². The summed E-state index contributed by atoms with van der Waals surface area (Å²) in [6.07, 6.45) is 3.64. The summed E-state index contributed by atoms with van der Waals surface area (Å²) in [5.74, 6) is 0.526. The van der Waals surface area contributed by atoms with E-state index in [1.54, 1.807) is 12.3 Å². The highest BCUT2D eigenvalue weighted by molar-refractivity contribution is 5.71. The average Bonchev–Trinajstić information content (AvgIpc) is 2.17. The van der Waals surface area contributed by atoms with E-state index < -0.39 is 0 Å². The monoisotopic (exact) mass is 163 g/mol. The lowest BCUT2D eigenvalue weighted by atomic mass is 10.0. The Kier molecular flexibility index (Phi) is 2.97. The molecule has 2 heteroatoms. The summed E-state index contributed by atoms with van der Waals surface area (Å²) in [7, 11) is 0. The molecule has 0 aliphatic carbocycles. The van der Waals surface area contributed by atoms with Crippen molar-refractivity contribution in [3.63, 3.8) is 0 Å². The molecule has 0 aromatic carbocycles. The standard InChI is InChI=1S/C10H13NO/c1-3-8(2)9-4-5-10(7-12)11-6-9/h4-8H,3H2,1-2H3. The molecule has 1 aromatic heterocycles. The molecule has 0 amide bonds. The topological polar surface area (TPSA) is 30.0 Å². The van der Waals surface area contributed by atoms with Gasteiger partial charge in [-0.2, -0.15) is 0 Å². The Balaban J connectivity index is 2.84. The second-order valence-electron chi connectivity index (χ2n) is 2.94. The number of aromatic nitrogens is 1.